The highest BCUT2D eigenvalue weighted by atomic mass is 32.1. The van der Waals surface area contributed by atoms with Gasteiger partial charge in [0, 0.05) is 37.3 Å². The standard InChI is InChI=1S/C33H23NS/c1-33(2)24-17-9-6-14-21(24)27-28-23-16-8-11-19-26(23)35-32(28)31-29(30(27)33)22-15-7-10-18-25(22)34(31)20-12-4-3-5-13-20/h3-19H,1-2H3. The lowest BCUT2D eigenvalue weighted by atomic mass is 9.80. The van der Waals surface area contributed by atoms with E-state index >= 15 is 0 Å². The molecule has 166 valence electrons. The number of hydrogen-bond donors (Lipinski definition) is 0. The summed E-state index contributed by atoms with van der Waals surface area (Å²) in [4.78, 5) is 0. The average molecular weight is 466 g/mol. The molecule has 7 aromatic rings. The molecule has 2 heterocycles. The highest BCUT2D eigenvalue weighted by molar-refractivity contribution is 7.26. The zero-order valence-electron chi connectivity index (χ0n) is 19.7. The molecule has 0 aliphatic heterocycles. The fraction of sp³-hybridized carbons (Fsp3) is 0.0909. The second-order valence-electron chi connectivity index (χ2n) is 10.1. The van der Waals surface area contributed by atoms with Gasteiger partial charge in [0.05, 0.1) is 15.7 Å². The first-order valence-electron chi connectivity index (χ1n) is 12.2. The van der Waals surface area contributed by atoms with Crippen molar-refractivity contribution in [3.63, 3.8) is 0 Å². The quantitative estimate of drug-likeness (QED) is 0.227. The monoisotopic (exact) mass is 465 g/mol. The summed E-state index contributed by atoms with van der Waals surface area (Å²) in [6.07, 6.45) is 0. The maximum absolute atomic E-state index is 2.50. The first-order chi connectivity index (χ1) is 17.2. The minimum atomic E-state index is -0.0902. The number of para-hydroxylation sites is 2. The van der Waals surface area contributed by atoms with Gasteiger partial charge in [-0.15, -0.1) is 11.3 Å². The molecule has 0 unspecified atom stereocenters. The Morgan fingerprint density at radius 2 is 1.34 bits per heavy atom. The normalized spacial score (nSPS) is 14.2. The summed E-state index contributed by atoms with van der Waals surface area (Å²) < 4.78 is 5.23. The smallest absolute Gasteiger partial charge is 0.0723 e. The van der Waals surface area contributed by atoms with Gasteiger partial charge >= 0.3 is 0 Å². The Balaban J connectivity index is 1.75. The number of hydrogen-bond acceptors (Lipinski definition) is 1. The summed E-state index contributed by atoms with van der Waals surface area (Å²) in [6.45, 7) is 4.82. The lowest BCUT2D eigenvalue weighted by molar-refractivity contribution is 0.667. The number of benzene rings is 5. The fourth-order valence-corrected chi connectivity index (χ4v) is 7.79. The van der Waals surface area contributed by atoms with E-state index in [0.717, 1.165) is 0 Å². The van der Waals surface area contributed by atoms with Crippen molar-refractivity contribution in [2.45, 2.75) is 19.3 Å². The van der Waals surface area contributed by atoms with E-state index in [4.69, 9.17) is 0 Å². The highest BCUT2D eigenvalue weighted by Gasteiger charge is 2.40. The van der Waals surface area contributed by atoms with Gasteiger partial charge < -0.3 is 4.57 Å². The minimum absolute atomic E-state index is 0.0902. The van der Waals surface area contributed by atoms with Crippen LogP contribution in [0.2, 0.25) is 0 Å². The third-order valence-corrected chi connectivity index (χ3v) is 9.12. The molecule has 1 aliphatic rings. The van der Waals surface area contributed by atoms with Crippen molar-refractivity contribution in [2.24, 2.45) is 0 Å². The molecule has 0 saturated carbocycles. The second-order valence-corrected chi connectivity index (χ2v) is 11.2. The van der Waals surface area contributed by atoms with Crippen molar-refractivity contribution < 1.29 is 0 Å². The number of aromatic nitrogens is 1. The summed E-state index contributed by atoms with van der Waals surface area (Å²) in [5, 5.41) is 5.51. The summed E-state index contributed by atoms with van der Waals surface area (Å²) in [6, 6.07) is 37.8. The number of thiophene rings is 1. The SMILES string of the molecule is CC1(C)c2ccccc2-c2c1c1c3ccccc3n(-c3ccccc3)c1c1sc3ccccc3c21. The van der Waals surface area contributed by atoms with Crippen molar-refractivity contribution in [2.75, 3.05) is 0 Å². The molecule has 2 heteroatoms. The first-order valence-corrected chi connectivity index (χ1v) is 13.0. The summed E-state index contributed by atoms with van der Waals surface area (Å²) in [5.41, 5.74) is 9.45. The summed E-state index contributed by atoms with van der Waals surface area (Å²) in [5.74, 6) is 0. The van der Waals surface area contributed by atoms with Gasteiger partial charge in [-0.3, -0.25) is 0 Å². The van der Waals surface area contributed by atoms with E-state index in [0.29, 0.717) is 0 Å². The molecule has 0 fully saturated rings. The van der Waals surface area contributed by atoms with Crippen LogP contribution in [0.15, 0.2) is 103 Å². The molecule has 1 aliphatic carbocycles. The van der Waals surface area contributed by atoms with Crippen molar-refractivity contribution in [1.29, 1.82) is 0 Å². The third-order valence-electron chi connectivity index (χ3n) is 7.94. The van der Waals surface area contributed by atoms with Gasteiger partial charge in [-0.2, -0.15) is 0 Å². The molecule has 0 atom stereocenters. The number of nitrogens with zero attached hydrogens (tertiary/aromatic N) is 1. The van der Waals surface area contributed by atoms with Crippen LogP contribution in [0.4, 0.5) is 0 Å². The van der Waals surface area contributed by atoms with Gasteiger partial charge in [0.2, 0.25) is 0 Å². The number of rotatable bonds is 1. The van der Waals surface area contributed by atoms with Gasteiger partial charge in [-0.05, 0) is 46.5 Å². The Morgan fingerprint density at radius 1 is 0.657 bits per heavy atom. The fourth-order valence-electron chi connectivity index (χ4n) is 6.54. The predicted octanol–water partition coefficient (Wildman–Crippen LogP) is 9.46. The second kappa shape index (κ2) is 6.62. The molecular weight excluding hydrogens is 442 g/mol. The van der Waals surface area contributed by atoms with E-state index in [1.807, 2.05) is 11.3 Å². The van der Waals surface area contributed by atoms with Crippen LogP contribution in [-0.4, -0.2) is 4.57 Å². The van der Waals surface area contributed by atoms with Crippen LogP contribution in [0.5, 0.6) is 0 Å². The Hall–Kier alpha value is -3.88. The van der Waals surface area contributed by atoms with Crippen LogP contribution in [0.1, 0.15) is 25.0 Å². The molecule has 0 radical (unpaired) electrons. The Kier molecular flexibility index (Phi) is 3.67. The highest BCUT2D eigenvalue weighted by Crippen LogP contribution is 2.58. The largest absolute Gasteiger partial charge is 0.308 e. The lowest BCUT2D eigenvalue weighted by Gasteiger charge is -2.23. The molecule has 0 bridgehead atoms. The van der Waals surface area contributed by atoms with Crippen LogP contribution in [0.25, 0.3) is 58.8 Å². The Bertz CT molecular complexity index is 1970. The maximum atomic E-state index is 2.50. The van der Waals surface area contributed by atoms with Gasteiger partial charge in [-0.1, -0.05) is 92.7 Å². The first kappa shape index (κ1) is 19.4. The Labute approximate surface area is 207 Å². The van der Waals surface area contributed by atoms with Gasteiger partial charge in [0.15, 0.2) is 0 Å². The van der Waals surface area contributed by atoms with Crippen molar-refractivity contribution in [1.82, 2.24) is 4.57 Å². The maximum Gasteiger partial charge on any atom is 0.0723 e. The topological polar surface area (TPSA) is 4.93 Å². The summed E-state index contributed by atoms with van der Waals surface area (Å²) in [7, 11) is 0. The van der Waals surface area contributed by atoms with Crippen molar-refractivity contribution in [3.05, 3.63) is 114 Å². The van der Waals surface area contributed by atoms with Gasteiger partial charge in [0.1, 0.15) is 0 Å². The van der Waals surface area contributed by atoms with E-state index in [2.05, 4.69) is 122 Å². The molecular formula is C33H23NS. The number of fused-ring (bicyclic) bond motifs is 12. The van der Waals surface area contributed by atoms with E-state index in [-0.39, 0.29) is 5.41 Å². The zero-order valence-corrected chi connectivity index (χ0v) is 20.5. The minimum Gasteiger partial charge on any atom is -0.308 e. The molecule has 0 amide bonds. The molecule has 0 saturated heterocycles. The van der Waals surface area contributed by atoms with Gasteiger partial charge in [-0.25, -0.2) is 0 Å². The Morgan fingerprint density at radius 3 is 2.20 bits per heavy atom. The molecule has 2 aromatic heterocycles. The van der Waals surface area contributed by atoms with E-state index < -0.39 is 0 Å². The lowest BCUT2D eigenvalue weighted by Crippen LogP contribution is -2.15. The van der Waals surface area contributed by atoms with Crippen LogP contribution in [0, 0.1) is 0 Å². The van der Waals surface area contributed by atoms with Crippen molar-refractivity contribution >= 4 is 53.3 Å². The van der Waals surface area contributed by atoms with Crippen LogP contribution < -0.4 is 0 Å². The summed E-state index contributed by atoms with van der Waals surface area (Å²) >= 11 is 1.94. The van der Waals surface area contributed by atoms with E-state index in [9.17, 15) is 0 Å². The van der Waals surface area contributed by atoms with Crippen molar-refractivity contribution in [3.8, 4) is 16.8 Å². The average Bonchev–Trinajstić information content (AvgIpc) is 3.51. The molecule has 35 heavy (non-hydrogen) atoms. The zero-order chi connectivity index (χ0) is 23.3. The molecule has 1 nitrogen and oxygen atoms in total. The van der Waals surface area contributed by atoms with Gasteiger partial charge in [0.25, 0.3) is 0 Å². The van der Waals surface area contributed by atoms with Crippen LogP contribution in [0.3, 0.4) is 0 Å². The predicted molar refractivity (Wildman–Crippen MR) is 151 cm³/mol. The molecule has 5 aromatic carbocycles. The van der Waals surface area contributed by atoms with Crippen LogP contribution >= 0.6 is 11.3 Å². The van der Waals surface area contributed by atoms with E-state index in [1.54, 1.807) is 0 Å². The molecule has 8 rings (SSSR count). The molecule has 0 N–H and O–H groups in total. The van der Waals surface area contributed by atoms with E-state index in [1.165, 1.54) is 69.9 Å². The third kappa shape index (κ3) is 2.33. The van der Waals surface area contributed by atoms with Crippen LogP contribution in [-0.2, 0) is 5.41 Å². The molecule has 0 spiro atoms.